The summed E-state index contributed by atoms with van der Waals surface area (Å²) < 4.78 is 26.6. The monoisotopic (exact) mass is 372 g/mol. The first kappa shape index (κ1) is 18.2. The van der Waals surface area contributed by atoms with Gasteiger partial charge in [-0.1, -0.05) is 11.6 Å². The van der Waals surface area contributed by atoms with Gasteiger partial charge in [-0.15, -0.1) is 0 Å². The number of carbonyl (C=O) groups is 1. The normalized spacial score (nSPS) is 11.5. The van der Waals surface area contributed by atoms with Gasteiger partial charge >= 0.3 is 0 Å². The fourth-order valence-corrected chi connectivity index (χ4v) is 2.94. The molecule has 0 unspecified atom stereocenters. The summed E-state index contributed by atoms with van der Waals surface area (Å²) >= 11 is 6.03. The molecule has 2 rings (SSSR count). The Hall–Kier alpha value is -2.10. The summed E-state index contributed by atoms with van der Waals surface area (Å²) in [7, 11) is -3.48. The first-order valence-corrected chi connectivity index (χ1v) is 9.23. The molecule has 1 heterocycles. The number of halogens is 1. The number of aliphatic hydroxyl groups excluding tert-OH is 1. The predicted octanol–water partition coefficient (Wildman–Crippen LogP) is 1.06. The van der Waals surface area contributed by atoms with Gasteiger partial charge in [0.2, 0.25) is 10.0 Å². The van der Waals surface area contributed by atoms with E-state index in [1.54, 1.807) is 6.07 Å². The summed E-state index contributed by atoms with van der Waals surface area (Å²) in [6.07, 6.45) is 2.97. The number of rotatable bonds is 7. The lowest BCUT2D eigenvalue weighted by molar-refractivity contribution is 0.100. The lowest BCUT2D eigenvalue weighted by atomic mass is 10.1. The van der Waals surface area contributed by atoms with Crippen LogP contribution in [-0.4, -0.2) is 42.1 Å². The van der Waals surface area contributed by atoms with Gasteiger partial charge in [0.15, 0.2) is 0 Å². The molecule has 24 heavy (non-hydrogen) atoms. The van der Waals surface area contributed by atoms with Crippen molar-refractivity contribution in [2.75, 3.05) is 17.6 Å². The Morgan fingerprint density at radius 3 is 2.71 bits per heavy atom. The molecule has 1 aromatic heterocycles. The zero-order valence-electron chi connectivity index (χ0n) is 12.9. The summed E-state index contributed by atoms with van der Waals surface area (Å²) in [5.74, 6) is -0.669. The van der Waals surface area contributed by atoms with E-state index in [1.165, 1.54) is 23.0 Å². The van der Waals surface area contributed by atoms with Gasteiger partial charge in [0.25, 0.3) is 5.91 Å². The predicted molar refractivity (Wildman–Crippen MR) is 91.4 cm³/mol. The Labute approximate surface area is 144 Å². The highest BCUT2D eigenvalue weighted by molar-refractivity contribution is 7.92. The molecular formula is C14H17ClN4O4S. The number of primary amides is 1. The van der Waals surface area contributed by atoms with Crippen molar-refractivity contribution in [2.24, 2.45) is 5.73 Å². The summed E-state index contributed by atoms with van der Waals surface area (Å²) in [6.45, 7) is 0.395. The number of aliphatic hydroxyl groups is 1. The maximum atomic E-state index is 11.7. The molecule has 4 N–H and O–H groups in total. The third-order valence-corrected chi connectivity index (χ3v) is 3.87. The van der Waals surface area contributed by atoms with Crippen LogP contribution in [0, 0.1) is 0 Å². The molecule has 0 fully saturated rings. The molecule has 0 aliphatic rings. The van der Waals surface area contributed by atoms with Crippen molar-refractivity contribution in [3.63, 3.8) is 0 Å². The molecule has 2 aromatic rings. The number of nitrogens with two attached hydrogens (primary N) is 1. The molecular weight excluding hydrogens is 356 g/mol. The Morgan fingerprint density at radius 2 is 2.12 bits per heavy atom. The molecule has 0 aliphatic heterocycles. The number of nitrogens with one attached hydrogen (secondary N) is 1. The van der Waals surface area contributed by atoms with Gasteiger partial charge in [0.1, 0.15) is 5.69 Å². The molecule has 1 amide bonds. The average Bonchev–Trinajstić information content (AvgIpc) is 2.87. The third-order valence-electron chi connectivity index (χ3n) is 3.05. The zero-order chi connectivity index (χ0) is 17.9. The quantitative estimate of drug-likeness (QED) is 0.669. The number of hydrogen-bond donors (Lipinski definition) is 3. The van der Waals surface area contributed by atoms with E-state index in [-0.39, 0.29) is 22.9 Å². The molecule has 130 valence electrons. The number of nitrogens with zero attached hydrogens (tertiary/aromatic N) is 2. The molecule has 0 bridgehead atoms. The summed E-state index contributed by atoms with van der Waals surface area (Å²) in [4.78, 5) is 11.7. The van der Waals surface area contributed by atoms with Crippen LogP contribution in [0.2, 0.25) is 5.02 Å². The van der Waals surface area contributed by atoms with Crippen LogP contribution in [0.25, 0.3) is 11.3 Å². The largest absolute Gasteiger partial charge is 0.396 e. The Morgan fingerprint density at radius 1 is 1.42 bits per heavy atom. The minimum atomic E-state index is -3.48. The van der Waals surface area contributed by atoms with E-state index in [0.717, 1.165) is 6.26 Å². The second-order valence-electron chi connectivity index (χ2n) is 5.20. The van der Waals surface area contributed by atoms with E-state index in [2.05, 4.69) is 9.82 Å². The van der Waals surface area contributed by atoms with Crippen molar-refractivity contribution in [3.05, 3.63) is 35.0 Å². The number of hydrogen-bond acceptors (Lipinski definition) is 5. The van der Waals surface area contributed by atoms with Crippen LogP contribution in [0.3, 0.4) is 0 Å². The smallest absolute Gasteiger partial charge is 0.252 e. The standard InChI is InChI=1S/C14H17ClN4O4S/c1-24(22,23)18-11-6-9(5-10(15)7-11)13-12(14(16)21)8-19(17-13)3-2-4-20/h5-8,18,20H,2-4H2,1H3,(H2,16,21). The van der Waals surface area contributed by atoms with Gasteiger partial charge in [0, 0.05) is 29.9 Å². The molecule has 10 heteroatoms. The van der Waals surface area contributed by atoms with E-state index in [0.29, 0.717) is 24.2 Å². The fourth-order valence-electron chi connectivity index (χ4n) is 2.16. The molecule has 0 atom stereocenters. The number of anilines is 1. The molecule has 8 nitrogen and oxygen atoms in total. The van der Waals surface area contributed by atoms with Gasteiger partial charge < -0.3 is 10.8 Å². The lowest BCUT2D eigenvalue weighted by Gasteiger charge is -2.07. The lowest BCUT2D eigenvalue weighted by Crippen LogP contribution is -2.11. The zero-order valence-corrected chi connectivity index (χ0v) is 14.4. The van der Waals surface area contributed by atoms with E-state index in [9.17, 15) is 13.2 Å². The average molecular weight is 373 g/mol. The van der Waals surface area contributed by atoms with Crippen molar-refractivity contribution >= 4 is 33.2 Å². The van der Waals surface area contributed by atoms with Gasteiger partial charge in [-0.05, 0) is 24.6 Å². The van der Waals surface area contributed by atoms with Crippen molar-refractivity contribution in [1.29, 1.82) is 0 Å². The topological polar surface area (TPSA) is 127 Å². The highest BCUT2D eigenvalue weighted by atomic mass is 35.5. The first-order chi connectivity index (χ1) is 11.2. The maximum Gasteiger partial charge on any atom is 0.252 e. The molecule has 0 spiro atoms. The SMILES string of the molecule is CS(=O)(=O)Nc1cc(Cl)cc(-c2nn(CCCO)cc2C(N)=O)c1. The Balaban J connectivity index is 2.50. The van der Waals surface area contributed by atoms with Crippen LogP contribution in [0.5, 0.6) is 0 Å². The van der Waals surface area contributed by atoms with Gasteiger partial charge in [0.05, 0.1) is 17.5 Å². The van der Waals surface area contributed by atoms with E-state index in [1.807, 2.05) is 0 Å². The highest BCUT2D eigenvalue weighted by Gasteiger charge is 2.17. The third kappa shape index (κ3) is 4.70. The summed E-state index contributed by atoms with van der Waals surface area (Å²) in [5, 5.41) is 13.5. The number of aromatic nitrogens is 2. The first-order valence-electron chi connectivity index (χ1n) is 6.96. The minimum Gasteiger partial charge on any atom is -0.396 e. The molecule has 0 saturated heterocycles. The number of aryl methyl sites for hydroxylation is 1. The maximum absolute atomic E-state index is 11.7. The van der Waals surface area contributed by atoms with Crippen molar-refractivity contribution in [2.45, 2.75) is 13.0 Å². The highest BCUT2D eigenvalue weighted by Crippen LogP contribution is 2.29. The van der Waals surface area contributed by atoms with Crippen LogP contribution >= 0.6 is 11.6 Å². The van der Waals surface area contributed by atoms with Gasteiger partial charge in [-0.3, -0.25) is 14.2 Å². The van der Waals surface area contributed by atoms with Crippen LogP contribution in [-0.2, 0) is 16.6 Å². The molecule has 1 aromatic carbocycles. The van der Waals surface area contributed by atoms with Crippen LogP contribution in [0.4, 0.5) is 5.69 Å². The van der Waals surface area contributed by atoms with E-state index in [4.69, 9.17) is 22.4 Å². The van der Waals surface area contributed by atoms with Crippen LogP contribution in [0.1, 0.15) is 16.8 Å². The second-order valence-corrected chi connectivity index (χ2v) is 7.38. The van der Waals surface area contributed by atoms with Crippen LogP contribution in [0.15, 0.2) is 24.4 Å². The molecule has 0 aliphatic carbocycles. The van der Waals surface area contributed by atoms with E-state index < -0.39 is 15.9 Å². The minimum absolute atomic E-state index is 0.0132. The van der Waals surface area contributed by atoms with Crippen molar-refractivity contribution in [1.82, 2.24) is 9.78 Å². The summed E-state index contributed by atoms with van der Waals surface area (Å²) in [5.41, 5.74) is 6.56. The Kier molecular flexibility index (Phi) is 5.47. The summed E-state index contributed by atoms with van der Waals surface area (Å²) in [6, 6.07) is 4.51. The number of sulfonamides is 1. The number of amides is 1. The van der Waals surface area contributed by atoms with E-state index >= 15 is 0 Å². The molecule has 0 radical (unpaired) electrons. The van der Waals surface area contributed by atoms with Gasteiger partial charge in [-0.2, -0.15) is 5.10 Å². The van der Waals surface area contributed by atoms with Crippen molar-refractivity contribution < 1.29 is 18.3 Å². The second kappa shape index (κ2) is 7.20. The molecule has 0 saturated carbocycles. The fraction of sp³-hybridized carbons (Fsp3) is 0.286. The van der Waals surface area contributed by atoms with Crippen molar-refractivity contribution in [3.8, 4) is 11.3 Å². The Bertz CT molecular complexity index is 864. The number of benzene rings is 1. The van der Waals surface area contributed by atoms with Gasteiger partial charge in [-0.25, -0.2) is 8.42 Å². The van der Waals surface area contributed by atoms with Crippen LogP contribution < -0.4 is 10.5 Å². The number of carbonyl (C=O) groups excluding carboxylic acids is 1.